The smallest absolute Gasteiger partial charge is 0.243 e. The summed E-state index contributed by atoms with van der Waals surface area (Å²) in [5.74, 6) is 0.809. The fraction of sp³-hybridized carbons (Fsp3) is 0.273. The molecule has 2 aromatic carbocycles. The molecule has 0 radical (unpaired) electrons. The second-order valence-electron chi connectivity index (χ2n) is 7.19. The van der Waals surface area contributed by atoms with Crippen molar-refractivity contribution in [1.29, 1.82) is 0 Å². The lowest BCUT2D eigenvalue weighted by atomic mass is 9.93. The number of nitrogens with zero attached hydrogens (tertiary/aromatic N) is 3. The van der Waals surface area contributed by atoms with Crippen LogP contribution >= 0.6 is 0 Å². The number of carbonyl (C=O) groups is 2. The van der Waals surface area contributed by atoms with Crippen molar-refractivity contribution in [2.45, 2.75) is 39.4 Å². The van der Waals surface area contributed by atoms with E-state index < -0.39 is 6.04 Å². The summed E-state index contributed by atoms with van der Waals surface area (Å²) in [6.45, 7) is 4.09. The van der Waals surface area contributed by atoms with Crippen LogP contribution in [0.15, 0.2) is 53.1 Å². The van der Waals surface area contributed by atoms with Gasteiger partial charge < -0.3 is 14.7 Å². The summed E-state index contributed by atoms with van der Waals surface area (Å²) in [6.07, 6.45) is 0.525. The van der Waals surface area contributed by atoms with Crippen LogP contribution in [0.25, 0.3) is 11.4 Å². The first-order valence-corrected chi connectivity index (χ1v) is 9.52. The minimum Gasteiger partial charge on any atom is -0.350 e. The molecule has 1 aliphatic heterocycles. The van der Waals surface area contributed by atoms with E-state index in [1.807, 2.05) is 48.5 Å². The Labute approximate surface area is 168 Å². The predicted molar refractivity (Wildman–Crippen MR) is 106 cm³/mol. The Morgan fingerprint density at radius 3 is 2.52 bits per heavy atom. The molecule has 7 heteroatoms. The number of nitrogens with one attached hydrogen (secondary N) is 1. The average Bonchev–Trinajstić information content (AvgIpc) is 3.17. The Bertz CT molecular complexity index is 1040. The number of hydrogen-bond acceptors (Lipinski definition) is 5. The van der Waals surface area contributed by atoms with Gasteiger partial charge in [-0.2, -0.15) is 4.98 Å². The SMILES string of the molecule is CC(=O)N1Cc2ccccc2CC1C(=O)NCc1ccc(-c2noc(C)n2)cc1. The fourth-order valence-corrected chi connectivity index (χ4v) is 3.58. The number of carbonyl (C=O) groups excluding carboxylic acids is 2. The Hall–Kier alpha value is -3.48. The van der Waals surface area contributed by atoms with E-state index >= 15 is 0 Å². The van der Waals surface area contributed by atoms with Gasteiger partial charge in [-0.05, 0) is 16.7 Å². The minimum absolute atomic E-state index is 0.0978. The molecule has 4 rings (SSSR count). The molecule has 0 saturated heterocycles. The predicted octanol–water partition coefficient (Wildman–Crippen LogP) is 2.63. The molecule has 1 aromatic heterocycles. The third-order valence-corrected chi connectivity index (χ3v) is 5.16. The van der Waals surface area contributed by atoms with E-state index in [0.29, 0.717) is 31.2 Å². The molecule has 3 aromatic rings. The van der Waals surface area contributed by atoms with Gasteiger partial charge in [-0.3, -0.25) is 9.59 Å². The van der Waals surface area contributed by atoms with Gasteiger partial charge in [0.2, 0.25) is 23.5 Å². The van der Waals surface area contributed by atoms with Crippen molar-refractivity contribution >= 4 is 11.8 Å². The zero-order valence-corrected chi connectivity index (χ0v) is 16.4. The average molecular weight is 390 g/mol. The first kappa shape index (κ1) is 18.9. The van der Waals surface area contributed by atoms with Crippen LogP contribution < -0.4 is 5.32 Å². The quantitative estimate of drug-likeness (QED) is 0.740. The zero-order chi connectivity index (χ0) is 20.4. The van der Waals surface area contributed by atoms with Crippen molar-refractivity contribution in [2.24, 2.45) is 0 Å². The van der Waals surface area contributed by atoms with Crippen LogP contribution in [0.2, 0.25) is 0 Å². The van der Waals surface area contributed by atoms with Gasteiger partial charge >= 0.3 is 0 Å². The second-order valence-corrected chi connectivity index (χ2v) is 7.19. The topological polar surface area (TPSA) is 88.3 Å². The Balaban J connectivity index is 1.43. The van der Waals surface area contributed by atoms with Gasteiger partial charge in [0.05, 0.1) is 0 Å². The number of fused-ring (bicyclic) bond motifs is 1. The van der Waals surface area contributed by atoms with Gasteiger partial charge in [0.1, 0.15) is 6.04 Å². The van der Waals surface area contributed by atoms with Gasteiger partial charge in [-0.25, -0.2) is 0 Å². The van der Waals surface area contributed by atoms with Crippen LogP contribution in [0.5, 0.6) is 0 Å². The summed E-state index contributed by atoms with van der Waals surface area (Å²) in [7, 11) is 0. The number of amides is 2. The summed E-state index contributed by atoms with van der Waals surface area (Å²) in [5.41, 5.74) is 4.01. The summed E-state index contributed by atoms with van der Waals surface area (Å²) in [6, 6.07) is 15.1. The van der Waals surface area contributed by atoms with Crippen molar-refractivity contribution in [2.75, 3.05) is 0 Å². The van der Waals surface area contributed by atoms with Crippen LogP contribution in [0.1, 0.15) is 29.5 Å². The number of hydrogen-bond donors (Lipinski definition) is 1. The highest BCUT2D eigenvalue weighted by molar-refractivity contribution is 5.87. The lowest BCUT2D eigenvalue weighted by molar-refractivity contribution is -0.140. The zero-order valence-electron chi connectivity index (χ0n) is 16.4. The summed E-state index contributed by atoms with van der Waals surface area (Å²) < 4.78 is 5.00. The molecule has 0 spiro atoms. The van der Waals surface area contributed by atoms with E-state index in [2.05, 4.69) is 15.5 Å². The van der Waals surface area contributed by atoms with Gasteiger partial charge in [-0.15, -0.1) is 0 Å². The van der Waals surface area contributed by atoms with E-state index in [4.69, 9.17) is 4.52 Å². The number of rotatable bonds is 4. The molecule has 7 nitrogen and oxygen atoms in total. The maximum absolute atomic E-state index is 12.8. The van der Waals surface area contributed by atoms with E-state index in [1.165, 1.54) is 6.92 Å². The van der Waals surface area contributed by atoms with Gasteiger partial charge in [-0.1, -0.05) is 53.7 Å². The molecular formula is C22H22N4O3. The molecule has 1 aliphatic rings. The van der Waals surface area contributed by atoms with Crippen molar-refractivity contribution in [3.05, 3.63) is 71.1 Å². The lowest BCUT2D eigenvalue weighted by Crippen LogP contribution is -2.51. The first-order valence-electron chi connectivity index (χ1n) is 9.52. The normalized spacial score (nSPS) is 15.7. The Kier molecular flexibility index (Phi) is 5.12. The molecule has 2 amide bonds. The maximum atomic E-state index is 12.8. The fourth-order valence-electron chi connectivity index (χ4n) is 3.58. The molecule has 1 unspecified atom stereocenters. The monoisotopic (exact) mass is 390 g/mol. The molecule has 29 heavy (non-hydrogen) atoms. The highest BCUT2D eigenvalue weighted by Gasteiger charge is 2.32. The van der Waals surface area contributed by atoms with Gasteiger partial charge in [0.15, 0.2) is 0 Å². The molecular weight excluding hydrogens is 368 g/mol. The summed E-state index contributed by atoms with van der Waals surface area (Å²) >= 11 is 0. The summed E-state index contributed by atoms with van der Waals surface area (Å²) in [4.78, 5) is 30.8. The standard InChI is InChI=1S/C22H22N4O3/c1-14-24-21(25-29-14)17-9-7-16(8-10-17)12-23-22(28)20-11-18-5-3-4-6-19(18)13-26(20)15(2)27/h3-10,20H,11-13H2,1-2H3,(H,23,28). The Morgan fingerprint density at radius 2 is 1.86 bits per heavy atom. The molecule has 0 fully saturated rings. The van der Waals surface area contributed by atoms with Crippen LogP contribution in [-0.2, 0) is 29.1 Å². The van der Waals surface area contributed by atoms with E-state index in [9.17, 15) is 9.59 Å². The van der Waals surface area contributed by atoms with Crippen LogP contribution in [0.3, 0.4) is 0 Å². The minimum atomic E-state index is -0.496. The molecule has 0 saturated carbocycles. The highest BCUT2D eigenvalue weighted by atomic mass is 16.5. The third kappa shape index (κ3) is 4.03. The van der Waals surface area contributed by atoms with Gasteiger partial charge in [0.25, 0.3) is 0 Å². The lowest BCUT2D eigenvalue weighted by Gasteiger charge is -2.35. The molecule has 0 aliphatic carbocycles. The maximum Gasteiger partial charge on any atom is 0.243 e. The van der Waals surface area contributed by atoms with Crippen LogP contribution in [0.4, 0.5) is 0 Å². The van der Waals surface area contributed by atoms with E-state index in [1.54, 1.807) is 11.8 Å². The number of benzene rings is 2. The second kappa shape index (κ2) is 7.87. The molecule has 148 valence electrons. The number of aromatic nitrogens is 2. The van der Waals surface area contributed by atoms with Crippen molar-refractivity contribution < 1.29 is 14.1 Å². The number of aryl methyl sites for hydroxylation is 1. The van der Waals surface area contributed by atoms with Crippen LogP contribution in [-0.4, -0.2) is 32.9 Å². The van der Waals surface area contributed by atoms with Crippen molar-refractivity contribution in [1.82, 2.24) is 20.4 Å². The first-order chi connectivity index (χ1) is 14.0. The van der Waals surface area contributed by atoms with Crippen molar-refractivity contribution in [3.8, 4) is 11.4 Å². The third-order valence-electron chi connectivity index (χ3n) is 5.16. The van der Waals surface area contributed by atoms with Gasteiger partial charge in [0, 0.05) is 38.9 Å². The van der Waals surface area contributed by atoms with Crippen LogP contribution in [0, 0.1) is 6.92 Å². The van der Waals surface area contributed by atoms with E-state index in [0.717, 1.165) is 22.3 Å². The molecule has 1 N–H and O–H groups in total. The Morgan fingerprint density at radius 1 is 1.14 bits per heavy atom. The molecule has 1 atom stereocenters. The highest BCUT2D eigenvalue weighted by Crippen LogP contribution is 2.24. The molecule has 2 heterocycles. The summed E-state index contributed by atoms with van der Waals surface area (Å²) in [5, 5.41) is 6.87. The van der Waals surface area contributed by atoms with Crippen molar-refractivity contribution in [3.63, 3.8) is 0 Å². The van der Waals surface area contributed by atoms with E-state index in [-0.39, 0.29) is 11.8 Å². The largest absolute Gasteiger partial charge is 0.350 e. The molecule has 0 bridgehead atoms.